The number of rotatable bonds is 0. The van der Waals surface area contributed by atoms with Gasteiger partial charge in [0.2, 0.25) is 0 Å². The zero-order chi connectivity index (χ0) is 3.58. The zero-order valence-electron chi connectivity index (χ0n) is 5.71. The molecule has 1 N–H and O–H groups in total. The summed E-state index contributed by atoms with van der Waals surface area (Å²) in [4.78, 5) is 8.36. The van der Waals surface area contributed by atoms with Crippen LogP contribution in [0.5, 0.6) is 0 Å². The summed E-state index contributed by atoms with van der Waals surface area (Å²) in [6.07, 6.45) is 0. The zero-order valence-corrected chi connectivity index (χ0v) is 8.83. The van der Waals surface area contributed by atoms with E-state index in [0.29, 0.717) is 0 Å². The fourth-order valence-corrected chi connectivity index (χ4v) is 0. The molecular formula is H3KNNaO3. The summed E-state index contributed by atoms with van der Waals surface area (Å²) < 4.78 is 0. The van der Waals surface area contributed by atoms with Gasteiger partial charge in [-0.1, -0.05) is 0 Å². The molecule has 0 aromatic carbocycles. The van der Waals surface area contributed by atoms with Crippen molar-refractivity contribution in [2.75, 3.05) is 0 Å². The Labute approximate surface area is 102 Å². The SMILES string of the molecule is O=[N+]([O-])O.[H-].[H-].[K+].[Na+]. The van der Waals surface area contributed by atoms with Crippen LogP contribution in [0.4, 0.5) is 0 Å². The van der Waals surface area contributed by atoms with Gasteiger partial charge in [0.05, 0.1) is 0 Å². The maximum Gasteiger partial charge on any atom is 1.00 e. The molecular weight excluding hydrogens is 124 g/mol. The molecule has 0 saturated carbocycles. The van der Waals surface area contributed by atoms with E-state index >= 15 is 0 Å². The summed E-state index contributed by atoms with van der Waals surface area (Å²) in [5, 5.41) is 13.6. The monoisotopic (exact) mass is 127 g/mol. The van der Waals surface area contributed by atoms with Crippen molar-refractivity contribution in [3.05, 3.63) is 10.1 Å². The molecule has 6 heteroatoms. The van der Waals surface area contributed by atoms with Crippen LogP contribution in [0.1, 0.15) is 2.85 Å². The molecule has 28 valence electrons. The van der Waals surface area contributed by atoms with Crippen LogP contribution in [-0.2, 0) is 0 Å². The van der Waals surface area contributed by atoms with Crippen molar-refractivity contribution >= 4 is 0 Å². The Morgan fingerprint density at radius 3 is 1.83 bits per heavy atom. The molecule has 0 saturated heterocycles. The van der Waals surface area contributed by atoms with Gasteiger partial charge in [0.15, 0.2) is 0 Å². The van der Waals surface area contributed by atoms with Crippen molar-refractivity contribution in [3.63, 3.8) is 0 Å². The molecule has 0 atom stereocenters. The van der Waals surface area contributed by atoms with Crippen molar-refractivity contribution in [2.45, 2.75) is 0 Å². The van der Waals surface area contributed by atoms with E-state index in [-0.39, 0.29) is 83.8 Å². The molecule has 0 heterocycles. The Hall–Kier alpha value is 1.84. The van der Waals surface area contributed by atoms with E-state index in [0.717, 1.165) is 0 Å². The van der Waals surface area contributed by atoms with Gasteiger partial charge in [-0.3, -0.25) is 0 Å². The molecule has 0 aliphatic rings. The molecule has 0 aliphatic carbocycles. The van der Waals surface area contributed by atoms with E-state index < -0.39 is 5.09 Å². The van der Waals surface area contributed by atoms with Gasteiger partial charge in [-0.25, -0.2) is 0 Å². The molecule has 0 unspecified atom stereocenters. The van der Waals surface area contributed by atoms with Crippen molar-refractivity contribution in [1.82, 2.24) is 0 Å². The molecule has 6 heavy (non-hydrogen) atoms. The summed E-state index contributed by atoms with van der Waals surface area (Å²) in [5.41, 5.74) is 0. The molecule has 0 radical (unpaired) electrons. The van der Waals surface area contributed by atoms with E-state index in [9.17, 15) is 0 Å². The first-order valence-corrected chi connectivity index (χ1v) is 0.565. The van der Waals surface area contributed by atoms with E-state index in [2.05, 4.69) is 0 Å². The van der Waals surface area contributed by atoms with Gasteiger partial charge in [-0.2, -0.15) is 0 Å². The van der Waals surface area contributed by atoms with Gasteiger partial charge in [0.1, 0.15) is 0 Å². The van der Waals surface area contributed by atoms with Crippen LogP contribution in [0, 0.1) is 10.1 Å². The molecule has 0 aliphatic heterocycles. The molecule has 0 amide bonds. The summed E-state index contributed by atoms with van der Waals surface area (Å²) in [5.74, 6) is 0. The van der Waals surface area contributed by atoms with Crippen LogP contribution in [0.3, 0.4) is 0 Å². The second kappa shape index (κ2) is 9.96. The Balaban J connectivity index is -0.00000000750. The minimum atomic E-state index is -1.50. The van der Waals surface area contributed by atoms with E-state index in [1.165, 1.54) is 0 Å². The Morgan fingerprint density at radius 2 is 1.83 bits per heavy atom. The molecule has 0 spiro atoms. The van der Waals surface area contributed by atoms with Crippen LogP contribution in [0.2, 0.25) is 0 Å². The quantitative estimate of drug-likeness (QED) is 0.200. The Kier molecular flexibility index (Phi) is 26.0. The largest absolute Gasteiger partial charge is 1.00 e. The molecule has 0 bridgehead atoms. The third kappa shape index (κ3) is 40.5. The summed E-state index contributed by atoms with van der Waals surface area (Å²) in [6, 6.07) is 0. The van der Waals surface area contributed by atoms with Crippen molar-refractivity contribution in [3.8, 4) is 0 Å². The van der Waals surface area contributed by atoms with Gasteiger partial charge in [0.25, 0.3) is 5.09 Å². The number of hydrogen-bond acceptors (Lipinski definition) is 2. The van der Waals surface area contributed by atoms with Crippen LogP contribution in [0.15, 0.2) is 0 Å². The third-order valence-electron chi connectivity index (χ3n) is 0. The van der Waals surface area contributed by atoms with Gasteiger partial charge in [-0.15, -0.1) is 10.1 Å². The van der Waals surface area contributed by atoms with Crippen LogP contribution >= 0.6 is 0 Å². The summed E-state index contributed by atoms with van der Waals surface area (Å²) in [6.45, 7) is 0. The first-order valence-electron chi connectivity index (χ1n) is 0.565. The van der Waals surface area contributed by atoms with Crippen LogP contribution in [0.25, 0.3) is 0 Å². The molecule has 0 aromatic heterocycles. The number of hydrogen-bond donors (Lipinski definition) is 1. The van der Waals surface area contributed by atoms with Crippen molar-refractivity contribution < 1.29 is 94.1 Å². The maximum absolute atomic E-state index is 8.36. The minimum Gasteiger partial charge on any atom is -1.00 e. The maximum atomic E-state index is 8.36. The average Bonchev–Trinajstić information content (AvgIpc) is 0.811. The van der Waals surface area contributed by atoms with Crippen LogP contribution < -0.4 is 80.9 Å². The minimum absolute atomic E-state index is 0. The topological polar surface area (TPSA) is 63.4 Å². The summed E-state index contributed by atoms with van der Waals surface area (Å²) >= 11 is 0. The first-order chi connectivity index (χ1) is 1.73. The first kappa shape index (κ1) is 15.7. The summed E-state index contributed by atoms with van der Waals surface area (Å²) in [7, 11) is 0. The number of nitrogens with zero attached hydrogens (tertiary/aromatic N) is 1. The standard InChI is InChI=1S/K.HNO3.Na.2H/c;2-1(3)4;;;/h;(H,2,3,4);;;/q+1;;+1;2*-1. The average molecular weight is 127 g/mol. The van der Waals surface area contributed by atoms with Crippen molar-refractivity contribution in [1.29, 1.82) is 0 Å². The normalized spacial score (nSPS) is 4.00. The van der Waals surface area contributed by atoms with Gasteiger partial charge >= 0.3 is 80.9 Å². The van der Waals surface area contributed by atoms with E-state index in [1.54, 1.807) is 0 Å². The van der Waals surface area contributed by atoms with E-state index in [1.807, 2.05) is 0 Å². The predicted octanol–water partition coefficient (Wildman–Crippen LogP) is -6.11. The van der Waals surface area contributed by atoms with Gasteiger partial charge in [0, 0.05) is 0 Å². The molecule has 0 fully saturated rings. The van der Waals surface area contributed by atoms with Gasteiger partial charge < -0.3 is 8.06 Å². The fraction of sp³-hybridized carbons (Fsp3) is 0. The molecule has 0 aromatic rings. The molecule has 4 nitrogen and oxygen atoms in total. The van der Waals surface area contributed by atoms with Crippen LogP contribution in [-0.4, -0.2) is 10.3 Å². The Bertz CT molecular complexity index is 40.3. The predicted molar refractivity (Wildman–Crippen MR) is 11.0 cm³/mol. The smallest absolute Gasteiger partial charge is 1.00 e. The van der Waals surface area contributed by atoms with Crippen molar-refractivity contribution in [2.24, 2.45) is 0 Å². The third-order valence-corrected chi connectivity index (χ3v) is 0. The Morgan fingerprint density at radius 1 is 1.83 bits per heavy atom. The molecule has 0 rings (SSSR count). The van der Waals surface area contributed by atoms with Gasteiger partial charge in [-0.05, 0) is 0 Å². The second-order valence-corrected chi connectivity index (χ2v) is 0.238. The second-order valence-electron chi connectivity index (χ2n) is 0.238. The fourth-order valence-electron chi connectivity index (χ4n) is 0. The van der Waals surface area contributed by atoms with E-state index in [4.69, 9.17) is 15.3 Å².